The van der Waals surface area contributed by atoms with Gasteiger partial charge in [0.1, 0.15) is 5.76 Å². The Kier molecular flexibility index (Phi) is 1.78. The minimum atomic E-state index is 0.0639. The molecule has 1 spiro atoms. The number of fused-ring (bicyclic) bond motifs is 1. The van der Waals surface area contributed by atoms with Crippen molar-refractivity contribution in [2.24, 2.45) is 0 Å². The summed E-state index contributed by atoms with van der Waals surface area (Å²) in [6.45, 7) is 5.36. The lowest BCUT2D eigenvalue weighted by Crippen LogP contribution is -2.42. The molecule has 1 atom stereocenters. The van der Waals surface area contributed by atoms with Crippen molar-refractivity contribution in [1.82, 2.24) is 5.16 Å². The van der Waals surface area contributed by atoms with Gasteiger partial charge in [0.05, 0.1) is 11.8 Å². The lowest BCUT2D eigenvalue weighted by molar-refractivity contribution is -0.0277. The third-order valence-electron chi connectivity index (χ3n) is 3.72. The predicted octanol–water partition coefficient (Wildman–Crippen LogP) is 2.45. The molecule has 1 fully saturated rings. The van der Waals surface area contributed by atoms with E-state index in [1.54, 1.807) is 0 Å². The second-order valence-corrected chi connectivity index (χ2v) is 5.55. The van der Waals surface area contributed by atoms with Gasteiger partial charge in [-0.3, -0.25) is 0 Å². The summed E-state index contributed by atoms with van der Waals surface area (Å²) in [6.07, 6.45) is 6.27. The molecule has 2 aliphatic rings. The van der Waals surface area contributed by atoms with Crippen LogP contribution in [0.3, 0.4) is 0 Å². The van der Waals surface area contributed by atoms with Gasteiger partial charge in [0.15, 0.2) is 0 Å². The number of rotatable bonds is 0. The highest BCUT2D eigenvalue weighted by molar-refractivity contribution is 5.29. The zero-order valence-electron chi connectivity index (χ0n) is 9.38. The standard InChI is InChI=1S/C12H17NO2/c1-11(2)8-12(4-3-5-14-12)6-9-7-13-15-10(9)11/h7H,3-6,8H2,1-2H3. The van der Waals surface area contributed by atoms with Crippen molar-refractivity contribution in [2.45, 2.75) is 50.5 Å². The molecule has 1 aromatic heterocycles. The molecule has 0 radical (unpaired) electrons. The van der Waals surface area contributed by atoms with Gasteiger partial charge in [-0.1, -0.05) is 19.0 Å². The molecule has 1 aliphatic heterocycles. The van der Waals surface area contributed by atoms with Crippen LogP contribution in [0.2, 0.25) is 0 Å². The molecule has 0 N–H and O–H groups in total. The fourth-order valence-electron chi connectivity index (χ4n) is 3.27. The minimum absolute atomic E-state index is 0.0639. The average Bonchev–Trinajstić information content (AvgIpc) is 2.74. The minimum Gasteiger partial charge on any atom is -0.375 e. The van der Waals surface area contributed by atoms with Gasteiger partial charge in [0, 0.05) is 24.0 Å². The highest BCUT2D eigenvalue weighted by Gasteiger charge is 2.47. The highest BCUT2D eigenvalue weighted by atomic mass is 16.5. The third-order valence-corrected chi connectivity index (χ3v) is 3.72. The lowest BCUT2D eigenvalue weighted by atomic mass is 9.69. The van der Waals surface area contributed by atoms with Crippen LogP contribution in [0.25, 0.3) is 0 Å². The Morgan fingerprint density at radius 1 is 1.40 bits per heavy atom. The number of ether oxygens (including phenoxy) is 1. The van der Waals surface area contributed by atoms with E-state index in [1.807, 2.05) is 6.20 Å². The van der Waals surface area contributed by atoms with E-state index in [0.29, 0.717) is 0 Å². The smallest absolute Gasteiger partial charge is 0.145 e. The molecular formula is C12H17NO2. The molecule has 3 rings (SSSR count). The first-order valence-corrected chi connectivity index (χ1v) is 5.69. The van der Waals surface area contributed by atoms with Gasteiger partial charge in [0.25, 0.3) is 0 Å². The fraction of sp³-hybridized carbons (Fsp3) is 0.750. The van der Waals surface area contributed by atoms with Crippen LogP contribution in [0.1, 0.15) is 44.4 Å². The maximum Gasteiger partial charge on any atom is 0.145 e. The lowest BCUT2D eigenvalue weighted by Gasteiger charge is -2.40. The Morgan fingerprint density at radius 2 is 2.27 bits per heavy atom. The summed E-state index contributed by atoms with van der Waals surface area (Å²) in [6, 6.07) is 0. The monoisotopic (exact) mass is 207 g/mol. The Morgan fingerprint density at radius 3 is 3.00 bits per heavy atom. The molecule has 1 aliphatic carbocycles. The number of hydrogen-bond acceptors (Lipinski definition) is 3. The predicted molar refractivity (Wildman–Crippen MR) is 55.8 cm³/mol. The second-order valence-electron chi connectivity index (χ2n) is 5.55. The van der Waals surface area contributed by atoms with Crippen molar-refractivity contribution in [3.63, 3.8) is 0 Å². The molecule has 3 nitrogen and oxygen atoms in total. The molecule has 0 bridgehead atoms. The van der Waals surface area contributed by atoms with Crippen LogP contribution in [-0.2, 0) is 16.6 Å². The van der Waals surface area contributed by atoms with Crippen LogP contribution in [0.5, 0.6) is 0 Å². The maximum absolute atomic E-state index is 5.97. The number of nitrogens with zero attached hydrogens (tertiary/aromatic N) is 1. The highest BCUT2D eigenvalue weighted by Crippen LogP contribution is 2.46. The normalized spacial score (nSPS) is 33.2. The molecule has 0 amide bonds. The molecule has 0 aromatic carbocycles. The summed E-state index contributed by atoms with van der Waals surface area (Å²) in [5.74, 6) is 1.06. The van der Waals surface area contributed by atoms with Gasteiger partial charge in [-0.15, -0.1) is 0 Å². The van der Waals surface area contributed by atoms with Crippen LogP contribution < -0.4 is 0 Å². The quantitative estimate of drug-likeness (QED) is 0.655. The molecule has 1 aromatic rings. The van der Waals surface area contributed by atoms with E-state index >= 15 is 0 Å². The first-order valence-electron chi connectivity index (χ1n) is 5.69. The number of aromatic nitrogens is 1. The Labute approximate surface area is 89.8 Å². The van der Waals surface area contributed by atoms with Crippen molar-refractivity contribution in [1.29, 1.82) is 0 Å². The number of hydrogen-bond donors (Lipinski definition) is 0. The average molecular weight is 207 g/mol. The molecule has 82 valence electrons. The summed E-state index contributed by atoms with van der Waals surface area (Å²) in [4.78, 5) is 0. The third kappa shape index (κ3) is 1.33. The van der Waals surface area contributed by atoms with Crippen molar-refractivity contribution in [3.05, 3.63) is 17.5 Å². The van der Waals surface area contributed by atoms with Gasteiger partial charge < -0.3 is 9.26 Å². The van der Waals surface area contributed by atoms with Crippen molar-refractivity contribution in [3.8, 4) is 0 Å². The first kappa shape index (κ1) is 9.40. The molecule has 3 heteroatoms. The van der Waals surface area contributed by atoms with E-state index in [2.05, 4.69) is 19.0 Å². The Bertz CT molecular complexity index is 375. The summed E-state index contributed by atoms with van der Waals surface area (Å²) < 4.78 is 11.3. The van der Waals surface area contributed by atoms with Gasteiger partial charge in [-0.05, 0) is 19.3 Å². The Hall–Kier alpha value is -0.830. The summed E-state index contributed by atoms with van der Waals surface area (Å²) in [5, 5.41) is 3.92. The zero-order valence-corrected chi connectivity index (χ0v) is 9.38. The van der Waals surface area contributed by atoms with E-state index in [9.17, 15) is 0 Å². The summed E-state index contributed by atoms with van der Waals surface area (Å²) >= 11 is 0. The topological polar surface area (TPSA) is 35.3 Å². The van der Waals surface area contributed by atoms with Crippen molar-refractivity contribution < 1.29 is 9.26 Å². The van der Waals surface area contributed by atoms with E-state index in [1.165, 1.54) is 18.4 Å². The van der Waals surface area contributed by atoms with Crippen LogP contribution in [0, 0.1) is 0 Å². The molecule has 1 saturated heterocycles. The van der Waals surface area contributed by atoms with Crippen LogP contribution in [0.15, 0.2) is 10.7 Å². The van der Waals surface area contributed by atoms with Crippen LogP contribution in [-0.4, -0.2) is 17.4 Å². The SMILES string of the molecule is CC1(C)CC2(CCCO2)Cc2cnoc21. The van der Waals surface area contributed by atoms with E-state index in [-0.39, 0.29) is 11.0 Å². The largest absolute Gasteiger partial charge is 0.375 e. The molecular weight excluding hydrogens is 190 g/mol. The van der Waals surface area contributed by atoms with Gasteiger partial charge in [0.2, 0.25) is 0 Å². The Balaban J connectivity index is 2.03. The van der Waals surface area contributed by atoms with E-state index in [0.717, 1.165) is 25.2 Å². The zero-order chi connectivity index (χ0) is 10.5. The molecule has 15 heavy (non-hydrogen) atoms. The molecule has 0 saturated carbocycles. The molecule has 2 heterocycles. The van der Waals surface area contributed by atoms with Crippen LogP contribution >= 0.6 is 0 Å². The second kappa shape index (κ2) is 2.85. The van der Waals surface area contributed by atoms with E-state index in [4.69, 9.17) is 9.26 Å². The van der Waals surface area contributed by atoms with Gasteiger partial charge >= 0.3 is 0 Å². The van der Waals surface area contributed by atoms with Crippen LogP contribution in [0.4, 0.5) is 0 Å². The summed E-state index contributed by atoms with van der Waals surface area (Å²) in [5.41, 5.74) is 1.38. The summed E-state index contributed by atoms with van der Waals surface area (Å²) in [7, 11) is 0. The van der Waals surface area contributed by atoms with Crippen molar-refractivity contribution in [2.75, 3.05) is 6.61 Å². The van der Waals surface area contributed by atoms with Gasteiger partial charge in [-0.25, -0.2) is 0 Å². The van der Waals surface area contributed by atoms with E-state index < -0.39 is 0 Å². The van der Waals surface area contributed by atoms with Crippen molar-refractivity contribution >= 4 is 0 Å². The fourth-order valence-corrected chi connectivity index (χ4v) is 3.27. The maximum atomic E-state index is 5.97. The van der Waals surface area contributed by atoms with Gasteiger partial charge in [-0.2, -0.15) is 0 Å². The first-order chi connectivity index (χ1) is 7.11. The molecule has 1 unspecified atom stereocenters.